The lowest BCUT2D eigenvalue weighted by atomic mass is 10.1. The van der Waals surface area contributed by atoms with E-state index in [9.17, 15) is 4.79 Å². The van der Waals surface area contributed by atoms with Crippen molar-refractivity contribution < 1.29 is 9.53 Å². The summed E-state index contributed by atoms with van der Waals surface area (Å²) in [6.45, 7) is 3.28. The van der Waals surface area contributed by atoms with Crippen LogP contribution in [0.15, 0.2) is 36.7 Å². The zero-order valence-electron chi connectivity index (χ0n) is 15.6. The molecule has 0 saturated carbocycles. The van der Waals surface area contributed by atoms with Gasteiger partial charge in [0.1, 0.15) is 22.7 Å². The van der Waals surface area contributed by atoms with E-state index in [0.29, 0.717) is 19.5 Å². The molecule has 0 saturated heterocycles. The Labute approximate surface area is 163 Å². The van der Waals surface area contributed by atoms with E-state index in [2.05, 4.69) is 33.6 Å². The average molecular weight is 385 g/mol. The predicted molar refractivity (Wildman–Crippen MR) is 110 cm³/mol. The molecule has 6 nitrogen and oxygen atoms in total. The van der Waals surface area contributed by atoms with Gasteiger partial charge in [0.05, 0.1) is 12.5 Å². The van der Waals surface area contributed by atoms with Gasteiger partial charge in [-0.15, -0.1) is 11.3 Å². The maximum Gasteiger partial charge on any atom is 0.221 e. The first-order valence-corrected chi connectivity index (χ1v) is 9.88. The van der Waals surface area contributed by atoms with Gasteiger partial charge in [0.25, 0.3) is 0 Å². The van der Waals surface area contributed by atoms with Crippen LogP contribution in [-0.4, -0.2) is 36.1 Å². The number of carbonyl (C=O) groups is 1. The standard InChI is InChI=1S/C20H24N4O2S/c1-3-16-12-17-19(23-13-24-20(17)27-16)22-11-9-18(25)21-10-8-14-4-6-15(26-2)7-5-14/h4-7,12-13H,3,8-11H2,1-2H3,(H,21,25)(H,22,23,24). The molecule has 0 aliphatic heterocycles. The molecule has 0 spiro atoms. The molecule has 2 heterocycles. The highest BCUT2D eigenvalue weighted by atomic mass is 32.1. The van der Waals surface area contributed by atoms with E-state index >= 15 is 0 Å². The van der Waals surface area contributed by atoms with Gasteiger partial charge >= 0.3 is 0 Å². The quantitative estimate of drug-likeness (QED) is 0.591. The van der Waals surface area contributed by atoms with Crippen LogP contribution in [0.4, 0.5) is 5.82 Å². The van der Waals surface area contributed by atoms with Gasteiger partial charge in [-0.05, 0) is 36.6 Å². The van der Waals surface area contributed by atoms with E-state index in [4.69, 9.17) is 4.74 Å². The fraction of sp³-hybridized carbons (Fsp3) is 0.350. The highest BCUT2D eigenvalue weighted by molar-refractivity contribution is 7.18. The van der Waals surface area contributed by atoms with E-state index in [1.807, 2.05) is 24.3 Å². The first-order valence-electron chi connectivity index (χ1n) is 9.06. The number of carbonyl (C=O) groups excluding carboxylic acids is 1. The molecule has 142 valence electrons. The fourth-order valence-corrected chi connectivity index (χ4v) is 3.68. The molecule has 0 aliphatic rings. The van der Waals surface area contributed by atoms with E-state index in [-0.39, 0.29) is 5.91 Å². The number of hydrogen-bond donors (Lipinski definition) is 2. The van der Waals surface area contributed by atoms with Crippen molar-refractivity contribution >= 4 is 33.3 Å². The second-order valence-corrected chi connectivity index (χ2v) is 7.25. The first-order chi connectivity index (χ1) is 13.2. The number of anilines is 1. The van der Waals surface area contributed by atoms with Gasteiger partial charge in [-0.3, -0.25) is 4.79 Å². The van der Waals surface area contributed by atoms with E-state index in [1.54, 1.807) is 24.8 Å². The molecule has 7 heteroatoms. The maximum atomic E-state index is 12.0. The number of rotatable bonds is 9. The van der Waals surface area contributed by atoms with Gasteiger partial charge in [-0.25, -0.2) is 9.97 Å². The lowest BCUT2D eigenvalue weighted by Gasteiger charge is -2.08. The summed E-state index contributed by atoms with van der Waals surface area (Å²) in [6, 6.07) is 10.0. The zero-order chi connectivity index (χ0) is 19.1. The number of nitrogens with one attached hydrogen (secondary N) is 2. The molecule has 0 unspecified atom stereocenters. The first kappa shape index (κ1) is 19.1. The summed E-state index contributed by atoms with van der Waals surface area (Å²) in [5.41, 5.74) is 1.17. The Bertz CT molecular complexity index is 893. The number of methoxy groups -OCH3 is 1. The van der Waals surface area contributed by atoms with Crippen LogP contribution in [-0.2, 0) is 17.6 Å². The van der Waals surface area contributed by atoms with Crippen LogP contribution in [0.5, 0.6) is 5.75 Å². The van der Waals surface area contributed by atoms with Crippen molar-refractivity contribution in [2.75, 3.05) is 25.5 Å². The van der Waals surface area contributed by atoms with Crippen LogP contribution < -0.4 is 15.4 Å². The third-order valence-electron chi connectivity index (χ3n) is 4.27. The average Bonchev–Trinajstić information content (AvgIpc) is 3.13. The number of benzene rings is 1. The van der Waals surface area contributed by atoms with Gasteiger partial charge in [0, 0.05) is 24.4 Å². The Morgan fingerprint density at radius 1 is 1.19 bits per heavy atom. The minimum atomic E-state index is 0.0286. The van der Waals surface area contributed by atoms with Crippen LogP contribution in [0.3, 0.4) is 0 Å². The monoisotopic (exact) mass is 384 g/mol. The smallest absolute Gasteiger partial charge is 0.221 e. The largest absolute Gasteiger partial charge is 0.497 e. The molecule has 0 fully saturated rings. The number of hydrogen-bond acceptors (Lipinski definition) is 6. The molecule has 0 atom stereocenters. The minimum Gasteiger partial charge on any atom is -0.497 e. The molecule has 3 rings (SSSR count). The van der Waals surface area contributed by atoms with Crippen LogP contribution >= 0.6 is 11.3 Å². The number of thiophene rings is 1. The zero-order valence-corrected chi connectivity index (χ0v) is 16.4. The van der Waals surface area contributed by atoms with Crippen molar-refractivity contribution in [1.29, 1.82) is 0 Å². The summed E-state index contributed by atoms with van der Waals surface area (Å²) in [6.07, 6.45) is 3.75. The molecule has 1 aromatic carbocycles. The minimum absolute atomic E-state index is 0.0286. The summed E-state index contributed by atoms with van der Waals surface area (Å²) >= 11 is 1.68. The van der Waals surface area contributed by atoms with Crippen molar-refractivity contribution in [3.63, 3.8) is 0 Å². The summed E-state index contributed by atoms with van der Waals surface area (Å²) < 4.78 is 5.14. The molecule has 27 heavy (non-hydrogen) atoms. The van der Waals surface area contributed by atoms with Crippen molar-refractivity contribution in [1.82, 2.24) is 15.3 Å². The van der Waals surface area contributed by atoms with E-state index in [0.717, 1.165) is 34.6 Å². The summed E-state index contributed by atoms with van der Waals surface area (Å²) in [4.78, 5) is 22.9. The van der Waals surface area contributed by atoms with Gasteiger partial charge < -0.3 is 15.4 Å². The molecule has 0 radical (unpaired) electrons. The number of fused-ring (bicyclic) bond motifs is 1. The van der Waals surface area contributed by atoms with Gasteiger partial charge in [-0.2, -0.15) is 0 Å². The molecule has 0 bridgehead atoms. The van der Waals surface area contributed by atoms with E-state index in [1.165, 1.54) is 10.4 Å². The maximum absolute atomic E-state index is 12.0. The van der Waals surface area contributed by atoms with Crippen molar-refractivity contribution in [2.45, 2.75) is 26.2 Å². The third kappa shape index (κ3) is 5.17. The van der Waals surface area contributed by atoms with Crippen molar-refractivity contribution in [2.24, 2.45) is 0 Å². The topological polar surface area (TPSA) is 76.1 Å². The van der Waals surface area contributed by atoms with Crippen LogP contribution in [0, 0.1) is 0 Å². The molecule has 2 N–H and O–H groups in total. The van der Waals surface area contributed by atoms with Crippen LogP contribution in [0.25, 0.3) is 10.2 Å². The lowest BCUT2D eigenvalue weighted by Crippen LogP contribution is -2.27. The number of nitrogens with zero attached hydrogens (tertiary/aromatic N) is 2. The lowest BCUT2D eigenvalue weighted by molar-refractivity contribution is -0.120. The SMILES string of the molecule is CCc1cc2c(NCCC(=O)NCCc3ccc(OC)cc3)ncnc2s1. The number of aromatic nitrogens is 2. The Kier molecular flexibility index (Phi) is 6.59. The number of aryl methyl sites for hydroxylation is 1. The highest BCUT2D eigenvalue weighted by Crippen LogP contribution is 2.28. The predicted octanol–water partition coefficient (Wildman–Crippen LogP) is 3.42. The molecule has 3 aromatic rings. The van der Waals surface area contributed by atoms with Crippen LogP contribution in [0.1, 0.15) is 23.8 Å². The highest BCUT2D eigenvalue weighted by Gasteiger charge is 2.08. The number of amides is 1. The second kappa shape index (κ2) is 9.32. The Hall–Kier alpha value is -2.67. The summed E-state index contributed by atoms with van der Waals surface area (Å²) in [5, 5.41) is 7.24. The summed E-state index contributed by atoms with van der Waals surface area (Å²) in [7, 11) is 1.65. The molecular formula is C20H24N4O2S. The second-order valence-electron chi connectivity index (χ2n) is 6.13. The van der Waals surface area contributed by atoms with Crippen molar-refractivity contribution in [3.8, 4) is 5.75 Å². The van der Waals surface area contributed by atoms with Gasteiger partial charge in [0.2, 0.25) is 5.91 Å². The Morgan fingerprint density at radius 2 is 2.00 bits per heavy atom. The summed E-state index contributed by atoms with van der Waals surface area (Å²) in [5.74, 6) is 1.66. The molecule has 1 amide bonds. The molecule has 0 aliphatic carbocycles. The van der Waals surface area contributed by atoms with Gasteiger partial charge in [0.15, 0.2) is 0 Å². The third-order valence-corrected chi connectivity index (χ3v) is 5.46. The molecular weight excluding hydrogens is 360 g/mol. The van der Waals surface area contributed by atoms with E-state index < -0.39 is 0 Å². The molecule has 2 aromatic heterocycles. The Morgan fingerprint density at radius 3 is 2.74 bits per heavy atom. The Balaban J connectivity index is 1.42. The van der Waals surface area contributed by atoms with Crippen LogP contribution in [0.2, 0.25) is 0 Å². The normalized spacial score (nSPS) is 10.7. The van der Waals surface area contributed by atoms with Crippen molar-refractivity contribution in [3.05, 3.63) is 47.1 Å². The number of ether oxygens (including phenoxy) is 1. The fourth-order valence-electron chi connectivity index (χ4n) is 2.74. The van der Waals surface area contributed by atoms with Gasteiger partial charge in [-0.1, -0.05) is 19.1 Å².